The number of nitrogens with two attached hydrogens (primary N) is 1. The molecule has 1 aliphatic carbocycles. The van der Waals surface area contributed by atoms with Gasteiger partial charge in [0, 0.05) is 6.42 Å². The quantitative estimate of drug-likeness (QED) is 0.827. The van der Waals surface area contributed by atoms with Crippen LogP contribution in [0.4, 0.5) is 0 Å². The topological polar surface area (TPSA) is 52.0 Å². The smallest absolute Gasteiger partial charge is 0.210 e. The molecule has 1 aromatic rings. The highest BCUT2D eigenvalue weighted by Crippen LogP contribution is 2.28. The molecule has 1 atom stereocenters. The zero-order valence-corrected chi connectivity index (χ0v) is 9.41. The van der Waals surface area contributed by atoms with Gasteiger partial charge in [-0.15, -0.1) is 0 Å². The van der Waals surface area contributed by atoms with E-state index < -0.39 is 0 Å². The van der Waals surface area contributed by atoms with Crippen LogP contribution in [-0.2, 0) is 6.42 Å². The third-order valence-electron chi connectivity index (χ3n) is 3.23. The molecule has 1 aromatic heterocycles. The predicted molar refractivity (Wildman–Crippen MR) is 59.4 cm³/mol. The van der Waals surface area contributed by atoms with Crippen molar-refractivity contribution in [2.24, 2.45) is 11.7 Å². The van der Waals surface area contributed by atoms with Gasteiger partial charge >= 0.3 is 0 Å². The molecule has 0 spiro atoms. The van der Waals surface area contributed by atoms with E-state index in [4.69, 9.17) is 10.2 Å². The van der Waals surface area contributed by atoms with Gasteiger partial charge in [-0.2, -0.15) is 0 Å². The Hall–Kier alpha value is -0.830. The van der Waals surface area contributed by atoms with Crippen LogP contribution < -0.4 is 5.73 Å². The molecule has 1 saturated carbocycles. The van der Waals surface area contributed by atoms with Crippen LogP contribution in [0.1, 0.15) is 56.7 Å². The lowest BCUT2D eigenvalue weighted by Gasteiger charge is -2.05. The lowest BCUT2D eigenvalue weighted by molar-refractivity contribution is 0.407. The first-order valence-electron chi connectivity index (χ1n) is 5.96. The Morgan fingerprint density at radius 3 is 2.87 bits per heavy atom. The van der Waals surface area contributed by atoms with Gasteiger partial charge in [-0.05, 0) is 19.3 Å². The van der Waals surface area contributed by atoms with Gasteiger partial charge in [-0.1, -0.05) is 25.7 Å². The Morgan fingerprint density at radius 2 is 2.27 bits per heavy atom. The molecule has 0 aromatic carbocycles. The maximum atomic E-state index is 5.69. The zero-order chi connectivity index (χ0) is 10.7. The minimum atomic E-state index is -0.0924. The third kappa shape index (κ3) is 2.81. The molecule has 0 amide bonds. The summed E-state index contributed by atoms with van der Waals surface area (Å²) < 4.78 is 5.57. The Morgan fingerprint density at radius 1 is 1.53 bits per heavy atom. The lowest BCUT2D eigenvalue weighted by atomic mass is 10.0. The first-order chi connectivity index (χ1) is 7.25. The summed E-state index contributed by atoms with van der Waals surface area (Å²) in [6.07, 6.45) is 9.70. The highest BCUT2D eigenvalue weighted by molar-refractivity contribution is 4.97. The predicted octanol–water partition coefficient (Wildman–Crippen LogP) is 2.82. The molecule has 1 aliphatic rings. The van der Waals surface area contributed by atoms with Crippen molar-refractivity contribution < 1.29 is 4.42 Å². The summed E-state index contributed by atoms with van der Waals surface area (Å²) >= 11 is 0. The summed E-state index contributed by atoms with van der Waals surface area (Å²) in [5.41, 5.74) is 5.69. The minimum Gasteiger partial charge on any atom is -0.444 e. The van der Waals surface area contributed by atoms with Crippen molar-refractivity contribution in [3.05, 3.63) is 17.8 Å². The summed E-state index contributed by atoms with van der Waals surface area (Å²) in [6.45, 7) is 1.90. The van der Waals surface area contributed by atoms with Crippen molar-refractivity contribution in [2.45, 2.75) is 51.5 Å². The molecule has 0 saturated heterocycles. The first kappa shape index (κ1) is 10.7. The largest absolute Gasteiger partial charge is 0.444 e. The van der Waals surface area contributed by atoms with Crippen molar-refractivity contribution >= 4 is 0 Å². The van der Waals surface area contributed by atoms with Gasteiger partial charge in [0.1, 0.15) is 5.76 Å². The molecule has 0 bridgehead atoms. The SMILES string of the molecule is CC(N)c1ncc(CCC2CCCC2)o1. The van der Waals surface area contributed by atoms with E-state index in [0.717, 1.165) is 18.1 Å². The average molecular weight is 208 g/mol. The van der Waals surface area contributed by atoms with Crippen LogP contribution in [0.2, 0.25) is 0 Å². The molecule has 2 N–H and O–H groups in total. The fourth-order valence-electron chi connectivity index (χ4n) is 2.29. The molecule has 84 valence electrons. The van der Waals surface area contributed by atoms with Gasteiger partial charge in [-0.3, -0.25) is 0 Å². The Bertz CT molecular complexity index is 300. The molecule has 1 heterocycles. The van der Waals surface area contributed by atoms with Crippen LogP contribution in [0.5, 0.6) is 0 Å². The van der Waals surface area contributed by atoms with E-state index in [-0.39, 0.29) is 6.04 Å². The van der Waals surface area contributed by atoms with Crippen molar-refractivity contribution in [3.8, 4) is 0 Å². The monoisotopic (exact) mass is 208 g/mol. The van der Waals surface area contributed by atoms with E-state index >= 15 is 0 Å². The average Bonchev–Trinajstić information content (AvgIpc) is 2.86. The highest BCUT2D eigenvalue weighted by atomic mass is 16.4. The van der Waals surface area contributed by atoms with Crippen molar-refractivity contribution in [3.63, 3.8) is 0 Å². The summed E-state index contributed by atoms with van der Waals surface area (Å²) in [7, 11) is 0. The summed E-state index contributed by atoms with van der Waals surface area (Å²) in [5.74, 6) is 2.57. The van der Waals surface area contributed by atoms with Crippen LogP contribution in [-0.4, -0.2) is 4.98 Å². The highest BCUT2D eigenvalue weighted by Gasteiger charge is 2.16. The lowest BCUT2D eigenvalue weighted by Crippen LogP contribution is -2.04. The maximum Gasteiger partial charge on any atom is 0.210 e. The van der Waals surface area contributed by atoms with Gasteiger partial charge in [-0.25, -0.2) is 4.98 Å². The molecular formula is C12H20N2O. The molecule has 2 rings (SSSR count). The van der Waals surface area contributed by atoms with Crippen molar-refractivity contribution in [2.75, 3.05) is 0 Å². The van der Waals surface area contributed by atoms with Gasteiger partial charge in [0.05, 0.1) is 12.2 Å². The Labute approximate surface area is 91.1 Å². The zero-order valence-electron chi connectivity index (χ0n) is 9.41. The fourth-order valence-corrected chi connectivity index (χ4v) is 2.29. The van der Waals surface area contributed by atoms with E-state index in [2.05, 4.69) is 4.98 Å². The molecule has 0 aliphatic heterocycles. The number of rotatable bonds is 4. The van der Waals surface area contributed by atoms with Crippen LogP contribution in [0.15, 0.2) is 10.6 Å². The van der Waals surface area contributed by atoms with Gasteiger partial charge in [0.15, 0.2) is 0 Å². The number of aromatic nitrogens is 1. The summed E-state index contributed by atoms with van der Waals surface area (Å²) in [5, 5.41) is 0. The maximum absolute atomic E-state index is 5.69. The molecule has 0 radical (unpaired) electrons. The standard InChI is InChI=1S/C12H20N2O/c1-9(13)12-14-8-11(15-12)7-6-10-4-2-3-5-10/h8-10H,2-7,13H2,1H3. The van der Waals surface area contributed by atoms with E-state index in [9.17, 15) is 0 Å². The number of hydrogen-bond acceptors (Lipinski definition) is 3. The van der Waals surface area contributed by atoms with Crippen LogP contribution in [0, 0.1) is 5.92 Å². The molecule has 3 nitrogen and oxygen atoms in total. The molecule has 15 heavy (non-hydrogen) atoms. The van der Waals surface area contributed by atoms with Crippen molar-refractivity contribution in [1.29, 1.82) is 0 Å². The van der Waals surface area contributed by atoms with E-state index in [1.165, 1.54) is 32.1 Å². The van der Waals surface area contributed by atoms with E-state index in [1.807, 2.05) is 13.1 Å². The number of oxazole rings is 1. The van der Waals surface area contributed by atoms with Gasteiger partial charge < -0.3 is 10.2 Å². The van der Waals surface area contributed by atoms with E-state index in [0.29, 0.717) is 5.89 Å². The molecule has 1 unspecified atom stereocenters. The van der Waals surface area contributed by atoms with Gasteiger partial charge in [0.2, 0.25) is 5.89 Å². The molecule has 1 fully saturated rings. The fraction of sp³-hybridized carbons (Fsp3) is 0.750. The third-order valence-corrected chi connectivity index (χ3v) is 3.23. The van der Waals surface area contributed by atoms with Gasteiger partial charge in [0.25, 0.3) is 0 Å². The second-order valence-electron chi connectivity index (χ2n) is 4.64. The normalized spacial score (nSPS) is 19.6. The second-order valence-corrected chi connectivity index (χ2v) is 4.64. The van der Waals surface area contributed by atoms with Crippen LogP contribution in [0.3, 0.4) is 0 Å². The number of hydrogen-bond donors (Lipinski definition) is 1. The van der Waals surface area contributed by atoms with Crippen LogP contribution in [0.25, 0.3) is 0 Å². The number of aryl methyl sites for hydroxylation is 1. The van der Waals surface area contributed by atoms with Crippen molar-refractivity contribution in [1.82, 2.24) is 4.98 Å². The number of nitrogens with zero attached hydrogens (tertiary/aromatic N) is 1. The first-order valence-corrected chi connectivity index (χ1v) is 5.96. The van der Waals surface area contributed by atoms with E-state index in [1.54, 1.807) is 0 Å². The molecule has 3 heteroatoms. The Kier molecular flexibility index (Phi) is 3.41. The van der Waals surface area contributed by atoms with Crippen LogP contribution >= 0.6 is 0 Å². The summed E-state index contributed by atoms with van der Waals surface area (Å²) in [6, 6.07) is -0.0924. The minimum absolute atomic E-state index is 0.0924. The molecular weight excluding hydrogens is 188 g/mol. The second kappa shape index (κ2) is 4.79. The summed E-state index contributed by atoms with van der Waals surface area (Å²) in [4.78, 5) is 4.17. The Balaban J connectivity index is 1.82.